The van der Waals surface area contributed by atoms with Gasteiger partial charge in [0.2, 0.25) is 0 Å². The van der Waals surface area contributed by atoms with Gasteiger partial charge in [-0.3, -0.25) is 4.79 Å². The van der Waals surface area contributed by atoms with Gasteiger partial charge < -0.3 is 9.47 Å². The van der Waals surface area contributed by atoms with Crippen LogP contribution in [0.3, 0.4) is 0 Å². The fraction of sp³-hybridized carbons (Fsp3) is 0.533. The molecule has 3 nitrogen and oxygen atoms in total. The van der Waals surface area contributed by atoms with Crippen molar-refractivity contribution in [3.63, 3.8) is 0 Å². The Hall–Kier alpha value is -1.19. The van der Waals surface area contributed by atoms with Gasteiger partial charge in [0.15, 0.2) is 0 Å². The molecule has 18 heavy (non-hydrogen) atoms. The number of methoxy groups -OCH3 is 1. The quantitative estimate of drug-likeness (QED) is 0.751. The van der Waals surface area contributed by atoms with E-state index < -0.39 is 0 Å². The van der Waals surface area contributed by atoms with Crippen LogP contribution < -0.4 is 0 Å². The predicted molar refractivity (Wildman–Crippen MR) is 69.2 cm³/mol. The monoisotopic (exact) mass is 248 g/mol. The van der Waals surface area contributed by atoms with Crippen LogP contribution in [0.1, 0.15) is 24.8 Å². The molecule has 98 valence electrons. The summed E-state index contributed by atoms with van der Waals surface area (Å²) in [6, 6.07) is 10.1. The Kier molecular flexibility index (Phi) is 4.90. The van der Waals surface area contributed by atoms with Crippen molar-refractivity contribution in [3.05, 3.63) is 35.9 Å². The van der Waals surface area contributed by atoms with Gasteiger partial charge in [0, 0.05) is 19.4 Å². The van der Waals surface area contributed by atoms with Gasteiger partial charge in [0.25, 0.3) is 0 Å². The van der Waals surface area contributed by atoms with Crippen LogP contribution in [-0.4, -0.2) is 25.8 Å². The normalized spacial score (nSPS) is 24.2. The van der Waals surface area contributed by atoms with E-state index in [2.05, 4.69) is 12.1 Å². The first-order valence-corrected chi connectivity index (χ1v) is 6.48. The summed E-state index contributed by atoms with van der Waals surface area (Å²) < 4.78 is 10.6. The van der Waals surface area contributed by atoms with E-state index in [1.54, 1.807) is 7.11 Å². The minimum Gasteiger partial charge on any atom is -0.359 e. The number of carbonyl (C=O) groups excluding carboxylic acids is 1. The van der Waals surface area contributed by atoms with Crippen molar-refractivity contribution in [1.82, 2.24) is 0 Å². The summed E-state index contributed by atoms with van der Waals surface area (Å²) in [5.74, 6) is 0.308. The highest BCUT2D eigenvalue weighted by Crippen LogP contribution is 2.27. The zero-order valence-electron chi connectivity index (χ0n) is 10.8. The van der Waals surface area contributed by atoms with E-state index in [-0.39, 0.29) is 18.8 Å². The average molecular weight is 248 g/mol. The van der Waals surface area contributed by atoms with Gasteiger partial charge in [-0.1, -0.05) is 30.3 Å². The van der Waals surface area contributed by atoms with Crippen LogP contribution in [0.5, 0.6) is 0 Å². The van der Waals surface area contributed by atoms with Crippen LogP contribution in [-0.2, 0) is 20.7 Å². The molecule has 0 spiro atoms. The number of ether oxygens (including phenoxy) is 2. The maximum absolute atomic E-state index is 12.1. The lowest BCUT2D eigenvalue weighted by molar-refractivity contribution is -0.140. The van der Waals surface area contributed by atoms with Crippen LogP contribution in [0.25, 0.3) is 0 Å². The van der Waals surface area contributed by atoms with Crippen molar-refractivity contribution < 1.29 is 14.3 Å². The Bertz CT molecular complexity index is 375. The second-order valence-corrected chi connectivity index (χ2v) is 4.77. The van der Waals surface area contributed by atoms with Crippen LogP contribution in [0.2, 0.25) is 0 Å². The van der Waals surface area contributed by atoms with Gasteiger partial charge in [-0.15, -0.1) is 0 Å². The molecule has 0 aromatic heterocycles. The summed E-state index contributed by atoms with van der Waals surface area (Å²) >= 11 is 0. The van der Waals surface area contributed by atoms with Crippen molar-refractivity contribution >= 4 is 5.78 Å². The number of carbonyl (C=O) groups is 1. The molecule has 2 rings (SSSR count). The summed E-state index contributed by atoms with van der Waals surface area (Å²) in [6.07, 6.45) is 3.34. The summed E-state index contributed by atoms with van der Waals surface area (Å²) in [7, 11) is 1.61. The van der Waals surface area contributed by atoms with E-state index in [0.717, 1.165) is 19.3 Å². The van der Waals surface area contributed by atoms with Gasteiger partial charge >= 0.3 is 0 Å². The van der Waals surface area contributed by atoms with Crippen molar-refractivity contribution in [2.45, 2.75) is 31.8 Å². The summed E-state index contributed by atoms with van der Waals surface area (Å²) in [5.41, 5.74) is 1.20. The Morgan fingerprint density at radius 2 is 2.06 bits per heavy atom. The Labute approximate surface area is 108 Å². The Morgan fingerprint density at radius 3 is 2.78 bits per heavy atom. The van der Waals surface area contributed by atoms with E-state index in [1.807, 2.05) is 18.2 Å². The summed E-state index contributed by atoms with van der Waals surface area (Å²) in [5, 5.41) is 0. The molecule has 2 unspecified atom stereocenters. The number of Topliss-reactive ketones (excluding diaryl/α,β-unsaturated/α-hetero) is 1. The molecule has 0 amide bonds. The third-order valence-corrected chi connectivity index (χ3v) is 3.47. The molecule has 1 aromatic carbocycles. The molecular weight excluding hydrogens is 228 g/mol. The lowest BCUT2D eigenvalue weighted by Gasteiger charge is -2.30. The predicted octanol–water partition coefficient (Wildman–Crippen LogP) is 2.59. The molecule has 0 saturated heterocycles. The van der Waals surface area contributed by atoms with Crippen LogP contribution in [0.4, 0.5) is 0 Å². The van der Waals surface area contributed by atoms with E-state index in [1.165, 1.54) is 5.56 Å². The molecule has 2 atom stereocenters. The standard InChI is InChI=1S/C15H20O3/c1-17-11-18-15-9-5-8-14(16)13(15)10-12-6-3-2-4-7-12/h2-4,6-7,13,15H,5,8-11H2,1H3. The molecule has 1 aliphatic carbocycles. The fourth-order valence-electron chi connectivity index (χ4n) is 2.54. The van der Waals surface area contributed by atoms with Gasteiger partial charge in [-0.2, -0.15) is 0 Å². The molecule has 0 radical (unpaired) electrons. The molecule has 0 bridgehead atoms. The smallest absolute Gasteiger partial charge is 0.146 e. The van der Waals surface area contributed by atoms with E-state index in [0.29, 0.717) is 12.2 Å². The van der Waals surface area contributed by atoms with Crippen LogP contribution in [0.15, 0.2) is 30.3 Å². The number of ketones is 1. The zero-order valence-corrected chi connectivity index (χ0v) is 10.8. The van der Waals surface area contributed by atoms with E-state index in [4.69, 9.17) is 9.47 Å². The lowest BCUT2D eigenvalue weighted by atomic mass is 9.81. The number of rotatable bonds is 5. The molecule has 3 heteroatoms. The number of hydrogen-bond acceptors (Lipinski definition) is 3. The fourth-order valence-corrected chi connectivity index (χ4v) is 2.54. The minimum absolute atomic E-state index is 0.00593. The molecule has 1 saturated carbocycles. The molecule has 0 aliphatic heterocycles. The Morgan fingerprint density at radius 1 is 1.28 bits per heavy atom. The first-order valence-electron chi connectivity index (χ1n) is 6.48. The Balaban J connectivity index is 2.03. The summed E-state index contributed by atoms with van der Waals surface area (Å²) in [6.45, 7) is 0.267. The van der Waals surface area contributed by atoms with Crippen molar-refractivity contribution in [2.75, 3.05) is 13.9 Å². The zero-order chi connectivity index (χ0) is 12.8. The van der Waals surface area contributed by atoms with Gasteiger partial charge in [-0.05, 0) is 24.8 Å². The van der Waals surface area contributed by atoms with E-state index >= 15 is 0 Å². The summed E-state index contributed by atoms with van der Waals surface area (Å²) in [4.78, 5) is 12.1. The second-order valence-electron chi connectivity index (χ2n) is 4.77. The largest absolute Gasteiger partial charge is 0.359 e. The van der Waals surface area contributed by atoms with Gasteiger partial charge in [0.1, 0.15) is 12.6 Å². The molecule has 1 aliphatic rings. The molecule has 1 aromatic rings. The van der Waals surface area contributed by atoms with Gasteiger partial charge in [-0.25, -0.2) is 0 Å². The van der Waals surface area contributed by atoms with E-state index in [9.17, 15) is 4.79 Å². The number of benzene rings is 1. The van der Waals surface area contributed by atoms with Crippen molar-refractivity contribution in [2.24, 2.45) is 5.92 Å². The first-order chi connectivity index (χ1) is 8.81. The highest BCUT2D eigenvalue weighted by Gasteiger charge is 2.32. The van der Waals surface area contributed by atoms with Crippen molar-refractivity contribution in [1.29, 1.82) is 0 Å². The first kappa shape index (κ1) is 13.2. The molecular formula is C15H20O3. The molecule has 0 N–H and O–H groups in total. The van der Waals surface area contributed by atoms with Gasteiger partial charge in [0.05, 0.1) is 6.10 Å². The maximum atomic E-state index is 12.1. The van der Waals surface area contributed by atoms with Crippen LogP contribution in [0, 0.1) is 5.92 Å². The lowest BCUT2D eigenvalue weighted by Crippen LogP contribution is -2.36. The highest BCUT2D eigenvalue weighted by molar-refractivity contribution is 5.82. The van der Waals surface area contributed by atoms with Crippen LogP contribution >= 0.6 is 0 Å². The topological polar surface area (TPSA) is 35.5 Å². The average Bonchev–Trinajstić information content (AvgIpc) is 2.41. The third kappa shape index (κ3) is 3.40. The SMILES string of the molecule is COCOC1CCCC(=O)C1Cc1ccccc1. The second kappa shape index (κ2) is 6.66. The van der Waals surface area contributed by atoms with Crippen molar-refractivity contribution in [3.8, 4) is 0 Å². The molecule has 1 fully saturated rings. The number of hydrogen-bond donors (Lipinski definition) is 0. The highest BCUT2D eigenvalue weighted by atomic mass is 16.7. The third-order valence-electron chi connectivity index (χ3n) is 3.47. The maximum Gasteiger partial charge on any atom is 0.146 e. The molecule has 0 heterocycles. The minimum atomic E-state index is -0.0173.